The molecule has 19 heavy (non-hydrogen) atoms. The molecule has 0 spiro atoms. The summed E-state index contributed by atoms with van der Waals surface area (Å²) in [6.07, 6.45) is 2.50. The van der Waals surface area contributed by atoms with E-state index < -0.39 is 23.3 Å². The lowest BCUT2D eigenvalue weighted by Crippen LogP contribution is -2.39. The lowest BCUT2D eigenvalue weighted by molar-refractivity contribution is -0.168. The summed E-state index contributed by atoms with van der Waals surface area (Å²) in [6.45, 7) is 3.57. The highest BCUT2D eigenvalue weighted by atomic mass is 16.5. The highest BCUT2D eigenvalue weighted by molar-refractivity contribution is 6.02. The van der Waals surface area contributed by atoms with E-state index in [1.165, 1.54) is 14.2 Å². The van der Waals surface area contributed by atoms with Crippen molar-refractivity contribution in [3.8, 4) is 0 Å². The lowest BCUT2D eigenvalue weighted by atomic mass is 9.84. The van der Waals surface area contributed by atoms with Crippen molar-refractivity contribution in [2.24, 2.45) is 11.3 Å². The Bertz CT molecular complexity index is 406. The van der Waals surface area contributed by atoms with E-state index >= 15 is 0 Å². The highest BCUT2D eigenvalue weighted by Gasteiger charge is 2.56. The van der Waals surface area contributed by atoms with Crippen LogP contribution in [0.15, 0.2) is 11.6 Å². The number of carbonyl (C=O) groups excluding carboxylic acids is 3. The zero-order chi connectivity index (χ0) is 14.6. The molecule has 0 heterocycles. The van der Waals surface area contributed by atoms with Crippen LogP contribution in [-0.2, 0) is 23.9 Å². The van der Waals surface area contributed by atoms with Crippen molar-refractivity contribution in [3.05, 3.63) is 11.6 Å². The molecular weight excluding hydrogens is 248 g/mol. The molecular formula is C14H20O5. The summed E-state index contributed by atoms with van der Waals surface area (Å²) in [7, 11) is 2.47. The summed E-state index contributed by atoms with van der Waals surface area (Å²) < 4.78 is 9.47. The number of ether oxygens (including phenoxy) is 2. The van der Waals surface area contributed by atoms with E-state index in [0.717, 1.165) is 5.57 Å². The van der Waals surface area contributed by atoms with Crippen LogP contribution in [0.25, 0.3) is 0 Å². The van der Waals surface area contributed by atoms with Crippen LogP contribution < -0.4 is 0 Å². The van der Waals surface area contributed by atoms with Crippen LogP contribution in [0.2, 0.25) is 0 Å². The topological polar surface area (TPSA) is 69.7 Å². The fraction of sp³-hybridized carbons (Fsp3) is 0.643. The fourth-order valence-corrected chi connectivity index (χ4v) is 2.68. The molecule has 0 saturated heterocycles. The van der Waals surface area contributed by atoms with Gasteiger partial charge in [0, 0.05) is 12.3 Å². The third-order valence-corrected chi connectivity index (χ3v) is 3.77. The van der Waals surface area contributed by atoms with E-state index in [-0.39, 0.29) is 18.6 Å². The second-order valence-electron chi connectivity index (χ2n) is 4.68. The number of hydrogen-bond donors (Lipinski definition) is 0. The lowest BCUT2D eigenvalue weighted by Gasteiger charge is -2.22. The Balaban J connectivity index is 3.20. The van der Waals surface area contributed by atoms with Gasteiger partial charge in [0.1, 0.15) is 5.78 Å². The molecule has 1 aliphatic carbocycles. The predicted octanol–water partition coefficient (Wildman–Crippen LogP) is 1.65. The molecule has 1 saturated carbocycles. The quantitative estimate of drug-likeness (QED) is 0.440. The van der Waals surface area contributed by atoms with Gasteiger partial charge >= 0.3 is 11.9 Å². The zero-order valence-corrected chi connectivity index (χ0v) is 11.8. The van der Waals surface area contributed by atoms with Crippen LogP contribution in [0, 0.1) is 11.3 Å². The van der Waals surface area contributed by atoms with Gasteiger partial charge in [-0.25, -0.2) is 0 Å². The van der Waals surface area contributed by atoms with E-state index in [1.54, 1.807) is 19.9 Å². The second kappa shape index (κ2) is 5.99. The van der Waals surface area contributed by atoms with E-state index in [9.17, 15) is 14.4 Å². The molecule has 1 rings (SSSR count). The molecule has 0 aliphatic heterocycles. The maximum atomic E-state index is 12.0. The third-order valence-electron chi connectivity index (χ3n) is 3.77. The van der Waals surface area contributed by atoms with Gasteiger partial charge in [-0.2, -0.15) is 0 Å². The summed E-state index contributed by atoms with van der Waals surface area (Å²) in [4.78, 5) is 35.9. The third kappa shape index (κ3) is 2.55. The number of rotatable bonds is 4. The van der Waals surface area contributed by atoms with Gasteiger partial charge in [-0.1, -0.05) is 18.6 Å². The van der Waals surface area contributed by atoms with Gasteiger partial charge in [0.15, 0.2) is 5.41 Å². The fourth-order valence-electron chi connectivity index (χ4n) is 2.68. The minimum atomic E-state index is -1.37. The number of esters is 2. The maximum absolute atomic E-state index is 12.0. The van der Waals surface area contributed by atoms with E-state index in [0.29, 0.717) is 6.42 Å². The molecule has 0 amide bonds. The first-order valence-corrected chi connectivity index (χ1v) is 6.31. The Morgan fingerprint density at radius 3 is 2.16 bits per heavy atom. The molecule has 1 aliphatic rings. The van der Waals surface area contributed by atoms with Crippen molar-refractivity contribution in [1.82, 2.24) is 0 Å². The molecule has 0 aromatic carbocycles. The number of methoxy groups -OCH3 is 2. The Kier molecular flexibility index (Phi) is 4.86. The van der Waals surface area contributed by atoms with Crippen molar-refractivity contribution in [3.63, 3.8) is 0 Å². The minimum Gasteiger partial charge on any atom is -0.468 e. The minimum absolute atomic E-state index is 0.0304. The molecule has 1 fully saturated rings. The first-order chi connectivity index (χ1) is 8.96. The number of Topliss-reactive ketones (excluding diaryl/α,β-unsaturated/α-hetero) is 1. The monoisotopic (exact) mass is 268 g/mol. The van der Waals surface area contributed by atoms with Crippen molar-refractivity contribution >= 4 is 17.7 Å². The van der Waals surface area contributed by atoms with E-state index in [2.05, 4.69) is 0 Å². The summed E-state index contributed by atoms with van der Waals surface area (Å²) >= 11 is 0. The first kappa shape index (κ1) is 15.4. The van der Waals surface area contributed by atoms with Crippen molar-refractivity contribution in [2.75, 3.05) is 14.2 Å². The zero-order valence-electron chi connectivity index (χ0n) is 11.8. The summed E-state index contributed by atoms with van der Waals surface area (Å²) in [6, 6.07) is 0. The smallest absolute Gasteiger partial charge is 0.323 e. The number of carbonyl (C=O) groups is 3. The van der Waals surface area contributed by atoms with Crippen molar-refractivity contribution in [1.29, 1.82) is 0 Å². The molecule has 106 valence electrons. The largest absolute Gasteiger partial charge is 0.468 e. The van der Waals surface area contributed by atoms with Crippen LogP contribution in [0.3, 0.4) is 0 Å². The van der Waals surface area contributed by atoms with Crippen LogP contribution in [-0.4, -0.2) is 31.9 Å². The van der Waals surface area contributed by atoms with Crippen molar-refractivity contribution in [2.45, 2.75) is 33.1 Å². The SMILES string of the molecule is C/C=C1/CC(C(=O)OC)(C(=O)OC)CC1C(=O)CC. The van der Waals surface area contributed by atoms with Gasteiger partial charge < -0.3 is 9.47 Å². The Labute approximate surface area is 112 Å². The molecule has 5 nitrogen and oxygen atoms in total. The van der Waals surface area contributed by atoms with Crippen LogP contribution >= 0.6 is 0 Å². The predicted molar refractivity (Wildman–Crippen MR) is 68.2 cm³/mol. The molecule has 0 radical (unpaired) electrons. The molecule has 0 bridgehead atoms. The van der Waals surface area contributed by atoms with Gasteiger partial charge in [-0.3, -0.25) is 14.4 Å². The Hall–Kier alpha value is -1.65. The maximum Gasteiger partial charge on any atom is 0.323 e. The van der Waals surface area contributed by atoms with Crippen LogP contribution in [0.4, 0.5) is 0 Å². The average Bonchev–Trinajstić information content (AvgIpc) is 2.85. The van der Waals surface area contributed by atoms with Crippen molar-refractivity contribution < 1.29 is 23.9 Å². The number of allylic oxidation sites excluding steroid dienone is 2. The van der Waals surface area contributed by atoms with E-state index in [1.807, 2.05) is 0 Å². The molecule has 1 unspecified atom stereocenters. The summed E-state index contributed by atoms with van der Waals surface area (Å²) in [5.41, 5.74) is -0.566. The van der Waals surface area contributed by atoms with Crippen LogP contribution in [0.5, 0.6) is 0 Å². The molecule has 0 N–H and O–H groups in total. The Morgan fingerprint density at radius 2 is 1.79 bits per heavy atom. The number of hydrogen-bond acceptors (Lipinski definition) is 5. The first-order valence-electron chi connectivity index (χ1n) is 6.31. The van der Waals surface area contributed by atoms with Gasteiger partial charge in [0.25, 0.3) is 0 Å². The molecule has 5 heteroatoms. The van der Waals surface area contributed by atoms with Gasteiger partial charge in [0.2, 0.25) is 0 Å². The van der Waals surface area contributed by atoms with Gasteiger partial charge in [-0.05, 0) is 19.8 Å². The second-order valence-corrected chi connectivity index (χ2v) is 4.68. The molecule has 0 aromatic rings. The molecule has 1 atom stereocenters. The van der Waals surface area contributed by atoms with Gasteiger partial charge in [0.05, 0.1) is 14.2 Å². The summed E-state index contributed by atoms with van der Waals surface area (Å²) in [5, 5.41) is 0. The number of ketones is 1. The van der Waals surface area contributed by atoms with Gasteiger partial charge in [-0.15, -0.1) is 0 Å². The normalized spacial score (nSPS) is 23.2. The van der Waals surface area contributed by atoms with Crippen LogP contribution in [0.1, 0.15) is 33.1 Å². The van der Waals surface area contributed by atoms with E-state index in [4.69, 9.17) is 9.47 Å². The average molecular weight is 268 g/mol. The summed E-state index contributed by atoms with van der Waals surface area (Å²) in [5.74, 6) is -1.63. The highest BCUT2D eigenvalue weighted by Crippen LogP contribution is 2.47. The standard InChI is InChI=1S/C14H20O5/c1-5-9-7-14(12(16)18-3,13(17)19-4)8-10(9)11(15)6-2/h5,10H,6-8H2,1-4H3/b9-5-. The Morgan fingerprint density at radius 1 is 1.26 bits per heavy atom. The molecule has 0 aromatic heterocycles.